The molecule has 0 saturated carbocycles. The molecule has 6 aromatic carbocycles. The lowest BCUT2D eigenvalue weighted by Gasteiger charge is -2.24. The number of hydrogen-bond acceptors (Lipinski definition) is 6. The molecule has 1 aliphatic carbocycles. The van der Waals surface area contributed by atoms with Gasteiger partial charge in [0, 0.05) is 28.1 Å². The van der Waals surface area contributed by atoms with Crippen LogP contribution in [0, 0.1) is 0 Å². The molecule has 2 N–H and O–H groups in total. The minimum absolute atomic E-state index is 0.182. The second-order valence-electron chi connectivity index (χ2n) is 10.2. The molecule has 212 valence electrons. The number of nitrogens with one attached hydrogen (secondary N) is 2. The van der Waals surface area contributed by atoms with E-state index in [1.54, 1.807) is 30.3 Å². The van der Waals surface area contributed by atoms with E-state index in [9.17, 15) is 9.59 Å². The number of fused-ring (bicyclic) bond motifs is 2. The SMILES string of the molecule is O=C1c2ccccc2C(=O)c2c1ccc(Nc1ccc(Oc3ccccc3)cc1)c2Nc1ccc(Oc2ccccc2)cc1. The van der Waals surface area contributed by atoms with E-state index in [1.165, 1.54) is 0 Å². The summed E-state index contributed by atoms with van der Waals surface area (Å²) in [5, 5.41) is 6.85. The van der Waals surface area contributed by atoms with Gasteiger partial charge in [0.15, 0.2) is 11.6 Å². The van der Waals surface area contributed by atoms with Gasteiger partial charge in [0.25, 0.3) is 0 Å². The largest absolute Gasteiger partial charge is 0.457 e. The Hall–Kier alpha value is -6.14. The molecule has 0 saturated heterocycles. The molecule has 0 spiro atoms. The van der Waals surface area contributed by atoms with Gasteiger partial charge >= 0.3 is 0 Å². The summed E-state index contributed by atoms with van der Waals surface area (Å²) in [7, 11) is 0. The van der Waals surface area contributed by atoms with E-state index in [4.69, 9.17) is 9.47 Å². The first-order chi connectivity index (χ1) is 21.6. The zero-order valence-corrected chi connectivity index (χ0v) is 23.5. The van der Waals surface area contributed by atoms with Crippen LogP contribution in [-0.4, -0.2) is 11.6 Å². The average Bonchev–Trinajstić information content (AvgIpc) is 3.07. The predicted octanol–water partition coefficient (Wildman–Crippen LogP) is 9.53. The lowest BCUT2D eigenvalue weighted by atomic mass is 9.82. The molecule has 6 aromatic rings. The van der Waals surface area contributed by atoms with Crippen LogP contribution in [-0.2, 0) is 0 Å². The lowest BCUT2D eigenvalue weighted by Crippen LogP contribution is -2.22. The van der Waals surface area contributed by atoms with Crippen LogP contribution >= 0.6 is 0 Å². The van der Waals surface area contributed by atoms with E-state index in [-0.39, 0.29) is 11.6 Å². The molecule has 6 nitrogen and oxygen atoms in total. The topological polar surface area (TPSA) is 76.7 Å². The minimum atomic E-state index is -0.211. The molecule has 0 unspecified atom stereocenters. The van der Waals surface area contributed by atoms with Crippen molar-refractivity contribution in [1.82, 2.24) is 0 Å². The van der Waals surface area contributed by atoms with Gasteiger partial charge in [-0.15, -0.1) is 0 Å². The van der Waals surface area contributed by atoms with Gasteiger partial charge in [-0.05, 0) is 84.9 Å². The highest BCUT2D eigenvalue weighted by Crippen LogP contribution is 2.40. The summed E-state index contributed by atoms with van der Waals surface area (Å²) < 4.78 is 11.9. The molecule has 0 amide bonds. The summed E-state index contributed by atoms with van der Waals surface area (Å²) in [6, 6.07) is 44.6. The van der Waals surface area contributed by atoms with Gasteiger partial charge in [-0.2, -0.15) is 0 Å². The highest BCUT2D eigenvalue weighted by atomic mass is 16.5. The maximum atomic E-state index is 13.9. The fourth-order valence-electron chi connectivity index (χ4n) is 5.18. The summed E-state index contributed by atoms with van der Waals surface area (Å²) in [5.74, 6) is 2.46. The van der Waals surface area contributed by atoms with E-state index in [1.807, 2.05) is 115 Å². The van der Waals surface area contributed by atoms with Gasteiger partial charge in [0.2, 0.25) is 0 Å². The number of rotatable bonds is 8. The molecular weight excluding hydrogens is 548 g/mol. The van der Waals surface area contributed by atoms with Gasteiger partial charge in [0.1, 0.15) is 23.0 Å². The summed E-state index contributed by atoms with van der Waals surface area (Å²) in [4.78, 5) is 27.4. The Balaban J connectivity index is 1.22. The Morgan fingerprint density at radius 1 is 0.386 bits per heavy atom. The summed E-state index contributed by atoms with van der Waals surface area (Å²) >= 11 is 0. The Morgan fingerprint density at radius 3 is 1.39 bits per heavy atom. The zero-order chi connectivity index (χ0) is 29.9. The number of ether oxygens (including phenoxy) is 2. The molecule has 44 heavy (non-hydrogen) atoms. The van der Waals surface area contributed by atoms with Crippen LogP contribution in [0.2, 0.25) is 0 Å². The molecule has 7 rings (SSSR count). The summed E-state index contributed by atoms with van der Waals surface area (Å²) in [6.45, 7) is 0. The van der Waals surface area contributed by atoms with Crippen molar-refractivity contribution in [2.45, 2.75) is 0 Å². The maximum Gasteiger partial charge on any atom is 0.196 e. The van der Waals surface area contributed by atoms with Gasteiger partial charge in [0.05, 0.1) is 16.9 Å². The third kappa shape index (κ3) is 5.40. The van der Waals surface area contributed by atoms with Crippen molar-refractivity contribution in [3.8, 4) is 23.0 Å². The Kier molecular flexibility index (Phi) is 7.06. The van der Waals surface area contributed by atoms with Crippen LogP contribution in [0.4, 0.5) is 22.7 Å². The number of carbonyl (C=O) groups is 2. The molecule has 0 bridgehead atoms. The fourth-order valence-corrected chi connectivity index (χ4v) is 5.18. The Labute approximate surface area is 254 Å². The molecule has 0 aliphatic heterocycles. The predicted molar refractivity (Wildman–Crippen MR) is 172 cm³/mol. The molecular formula is C38H26N2O4. The van der Waals surface area contributed by atoms with Crippen molar-refractivity contribution in [3.63, 3.8) is 0 Å². The molecule has 0 heterocycles. The highest BCUT2D eigenvalue weighted by molar-refractivity contribution is 6.31. The van der Waals surface area contributed by atoms with Crippen molar-refractivity contribution in [1.29, 1.82) is 0 Å². The molecule has 0 aromatic heterocycles. The minimum Gasteiger partial charge on any atom is -0.457 e. The Morgan fingerprint density at radius 2 is 0.841 bits per heavy atom. The van der Waals surface area contributed by atoms with Gasteiger partial charge in [-0.25, -0.2) is 0 Å². The number of ketones is 2. The molecule has 0 atom stereocenters. The van der Waals surface area contributed by atoms with Gasteiger partial charge < -0.3 is 20.1 Å². The van der Waals surface area contributed by atoms with Crippen LogP contribution in [0.3, 0.4) is 0 Å². The maximum absolute atomic E-state index is 13.9. The quantitative estimate of drug-likeness (QED) is 0.188. The van der Waals surface area contributed by atoms with Crippen LogP contribution in [0.1, 0.15) is 31.8 Å². The van der Waals surface area contributed by atoms with Crippen molar-refractivity contribution < 1.29 is 19.1 Å². The summed E-state index contributed by atoms with van der Waals surface area (Å²) in [6.07, 6.45) is 0. The standard InChI is InChI=1S/C38H26N2O4/c41-37-31-13-7-8-14-32(31)38(42)35-33(37)23-24-34(39-25-15-19-29(20-16-25)43-27-9-3-1-4-10-27)36(35)40-26-17-21-30(22-18-26)44-28-11-5-2-6-12-28/h1-24,39-40H. The third-order valence-electron chi connectivity index (χ3n) is 7.31. The van der Waals surface area contributed by atoms with E-state index in [0.29, 0.717) is 45.1 Å². The fraction of sp³-hybridized carbons (Fsp3) is 0. The van der Waals surface area contributed by atoms with Crippen molar-refractivity contribution in [2.75, 3.05) is 10.6 Å². The van der Waals surface area contributed by atoms with Crippen molar-refractivity contribution in [3.05, 3.63) is 168 Å². The Bertz CT molecular complexity index is 1970. The normalized spacial score (nSPS) is 11.7. The van der Waals surface area contributed by atoms with Crippen LogP contribution < -0.4 is 20.1 Å². The van der Waals surface area contributed by atoms with Crippen LogP contribution in [0.25, 0.3) is 0 Å². The average molecular weight is 575 g/mol. The first-order valence-electron chi connectivity index (χ1n) is 14.2. The monoisotopic (exact) mass is 574 g/mol. The van der Waals surface area contributed by atoms with Gasteiger partial charge in [-0.1, -0.05) is 60.7 Å². The molecule has 0 radical (unpaired) electrons. The molecule has 0 fully saturated rings. The third-order valence-corrected chi connectivity index (χ3v) is 7.31. The highest BCUT2D eigenvalue weighted by Gasteiger charge is 2.33. The zero-order valence-electron chi connectivity index (χ0n) is 23.5. The smallest absolute Gasteiger partial charge is 0.196 e. The van der Waals surface area contributed by atoms with Crippen LogP contribution in [0.5, 0.6) is 23.0 Å². The number of benzene rings is 6. The first-order valence-corrected chi connectivity index (χ1v) is 14.2. The van der Waals surface area contributed by atoms with Gasteiger partial charge in [-0.3, -0.25) is 9.59 Å². The van der Waals surface area contributed by atoms with E-state index in [2.05, 4.69) is 10.6 Å². The molecule has 6 heteroatoms. The van der Waals surface area contributed by atoms with E-state index in [0.717, 1.165) is 22.9 Å². The van der Waals surface area contributed by atoms with Crippen molar-refractivity contribution in [2.24, 2.45) is 0 Å². The number of hydrogen-bond donors (Lipinski definition) is 2. The summed E-state index contributed by atoms with van der Waals surface area (Å²) in [5.41, 5.74) is 4.15. The number of anilines is 4. The van der Waals surface area contributed by atoms with Crippen LogP contribution in [0.15, 0.2) is 146 Å². The van der Waals surface area contributed by atoms with Crippen molar-refractivity contribution >= 4 is 34.3 Å². The number of carbonyl (C=O) groups excluding carboxylic acids is 2. The second kappa shape index (κ2) is 11.6. The number of para-hydroxylation sites is 2. The lowest BCUT2D eigenvalue weighted by molar-refractivity contribution is 0.0980. The van der Waals surface area contributed by atoms with E-state index >= 15 is 0 Å². The van der Waals surface area contributed by atoms with E-state index < -0.39 is 0 Å². The first kappa shape index (κ1) is 26.7. The molecule has 1 aliphatic rings. The second-order valence-corrected chi connectivity index (χ2v) is 10.2.